The molecule has 138 valence electrons. The largest absolute Gasteiger partial charge is 0.444 e. The number of aromatic nitrogens is 1. The minimum Gasteiger partial charge on any atom is -0.444 e. The lowest BCUT2D eigenvalue weighted by molar-refractivity contribution is 0.0635. The summed E-state index contributed by atoms with van der Waals surface area (Å²) >= 11 is 0. The number of anilines is 2. The molecule has 2 rings (SSSR count). The Morgan fingerprint density at radius 2 is 1.81 bits per heavy atom. The lowest BCUT2D eigenvalue weighted by Gasteiger charge is -2.19. The van der Waals surface area contributed by atoms with Gasteiger partial charge in [0.05, 0.1) is 11.9 Å². The monoisotopic (exact) mass is 361 g/mol. The number of rotatable bonds is 4. The molecule has 0 spiro atoms. The van der Waals surface area contributed by atoms with E-state index in [1.807, 2.05) is 30.3 Å². The zero-order chi connectivity index (χ0) is 19.2. The van der Waals surface area contributed by atoms with Crippen LogP contribution in [0.3, 0.4) is 0 Å². The molecule has 2 amide bonds. The van der Waals surface area contributed by atoms with Crippen LogP contribution in [0, 0.1) is 5.82 Å². The predicted molar refractivity (Wildman–Crippen MR) is 94.3 cm³/mol. The molecular formula is C18H20FN3O4. The molecule has 26 heavy (non-hydrogen) atoms. The molecule has 1 heterocycles. The van der Waals surface area contributed by atoms with Crippen LogP contribution in [0.4, 0.5) is 25.5 Å². The van der Waals surface area contributed by atoms with Crippen molar-refractivity contribution < 1.29 is 23.5 Å². The van der Waals surface area contributed by atoms with Crippen molar-refractivity contribution in [2.24, 2.45) is 0 Å². The summed E-state index contributed by atoms with van der Waals surface area (Å²) in [6.07, 6.45) is -0.698. The predicted octanol–water partition coefficient (Wildman–Crippen LogP) is 4.32. The van der Waals surface area contributed by atoms with Gasteiger partial charge in [0.2, 0.25) is 0 Å². The number of hydrogen-bond acceptors (Lipinski definition) is 5. The summed E-state index contributed by atoms with van der Waals surface area (Å²) in [5.74, 6) is -0.741. The van der Waals surface area contributed by atoms with E-state index in [0.29, 0.717) is 0 Å². The summed E-state index contributed by atoms with van der Waals surface area (Å²) in [6.45, 7) is 5.14. The van der Waals surface area contributed by atoms with Crippen molar-refractivity contribution in [3.8, 4) is 0 Å². The van der Waals surface area contributed by atoms with Gasteiger partial charge in [0.25, 0.3) is 0 Å². The lowest BCUT2D eigenvalue weighted by Crippen LogP contribution is -2.27. The molecule has 0 bridgehead atoms. The molecule has 0 aliphatic heterocycles. The molecule has 1 aromatic carbocycles. The highest BCUT2D eigenvalue weighted by Gasteiger charge is 2.18. The molecule has 0 atom stereocenters. The highest BCUT2D eigenvalue weighted by Crippen LogP contribution is 2.18. The number of ether oxygens (including phenoxy) is 2. The van der Waals surface area contributed by atoms with Crippen molar-refractivity contribution in [1.29, 1.82) is 0 Å². The summed E-state index contributed by atoms with van der Waals surface area (Å²) in [5, 5.41) is 4.64. The highest BCUT2D eigenvalue weighted by molar-refractivity contribution is 5.88. The van der Waals surface area contributed by atoms with Crippen LogP contribution < -0.4 is 10.6 Å². The fourth-order valence-electron chi connectivity index (χ4n) is 1.88. The Bertz CT molecular complexity index is 776. The van der Waals surface area contributed by atoms with Crippen molar-refractivity contribution >= 4 is 23.7 Å². The minimum atomic E-state index is -0.819. The van der Waals surface area contributed by atoms with Gasteiger partial charge in [-0.15, -0.1) is 0 Å². The van der Waals surface area contributed by atoms with Crippen molar-refractivity contribution in [2.45, 2.75) is 33.0 Å². The van der Waals surface area contributed by atoms with Crippen LogP contribution in [0.15, 0.2) is 42.6 Å². The number of benzene rings is 1. The molecule has 0 unspecified atom stereocenters. The first kappa shape index (κ1) is 19.2. The maximum absolute atomic E-state index is 13.8. The summed E-state index contributed by atoms with van der Waals surface area (Å²) < 4.78 is 23.9. The Labute approximate surface area is 150 Å². The number of carbonyl (C=O) groups excluding carboxylic acids is 2. The van der Waals surface area contributed by atoms with Crippen molar-refractivity contribution in [3.05, 3.63) is 54.0 Å². The fourth-order valence-corrected chi connectivity index (χ4v) is 1.88. The van der Waals surface area contributed by atoms with E-state index in [1.54, 1.807) is 20.8 Å². The van der Waals surface area contributed by atoms with Gasteiger partial charge < -0.3 is 9.47 Å². The van der Waals surface area contributed by atoms with Crippen LogP contribution >= 0.6 is 0 Å². The number of amides is 2. The number of nitrogens with one attached hydrogen (secondary N) is 2. The Balaban J connectivity index is 1.95. The molecule has 0 saturated carbocycles. The van der Waals surface area contributed by atoms with Gasteiger partial charge in [-0.1, -0.05) is 30.3 Å². The zero-order valence-corrected chi connectivity index (χ0v) is 14.7. The van der Waals surface area contributed by atoms with Gasteiger partial charge in [0.15, 0.2) is 5.82 Å². The molecule has 0 saturated heterocycles. The van der Waals surface area contributed by atoms with E-state index in [1.165, 1.54) is 6.07 Å². The minimum absolute atomic E-state index is 0.0236. The van der Waals surface area contributed by atoms with E-state index < -0.39 is 23.6 Å². The second-order valence-electron chi connectivity index (χ2n) is 6.36. The Hall–Kier alpha value is -3.16. The first-order valence-corrected chi connectivity index (χ1v) is 7.86. The number of carbonyl (C=O) groups is 2. The van der Waals surface area contributed by atoms with Crippen molar-refractivity contribution in [2.75, 3.05) is 10.6 Å². The van der Waals surface area contributed by atoms with Crippen LogP contribution in [-0.2, 0) is 16.1 Å². The zero-order valence-electron chi connectivity index (χ0n) is 14.7. The highest BCUT2D eigenvalue weighted by atomic mass is 19.1. The van der Waals surface area contributed by atoms with Gasteiger partial charge in [0.1, 0.15) is 18.0 Å². The molecule has 2 aromatic rings. The van der Waals surface area contributed by atoms with E-state index in [-0.39, 0.29) is 18.1 Å². The lowest BCUT2D eigenvalue weighted by atomic mass is 10.2. The fraction of sp³-hybridized carbons (Fsp3) is 0.278. The van der Waals surface area contributed by atoms with Crippen molar-refractivity contribution in [3.63, 3.8) is 0 Å². The molecule has 0 fully saturated rings. The van der Waals surface area contributed by atoms with Crippen LogP contribution in [0.2, 0.25) is 0 Å². The topological polar surface area (TPSA) is 89.6 Å². The third kappa shape index (κ3) is 6.39. The van der Waals surface area contributed by atoms with Gasteiger partial charge in [-0.25, -0.2) is 19.0 Å². The van der Waals surface area contributed by atoms with Crippen LogP contribution in [0.1, 0.15) is 26.3 Å². The van der Waals surface area contributed by atoms with Crippen LogP contribution in [0.25, 0.3) is 0 Å². The summed E-state index contributed by atoms with van der Waals surface area (Å²) in [4.78, 5) is 27.3. The molecule has 7 nitrogen and oxygen atoms in total. The molecule has 2 N–H and O–H groups in total. The van der Waals surface area contributed by atoms with E-state index >= 15 is 0 Å². The average Bonchev–Trinajstić information content (AvgIpc) is 2.55. The molecule has 0 aliphatic rings. The number of hydrogen-bond donors (Lipinski definition) is 2. The molecule has 0 radical (unpaired) electrons. The van der Waals surface area contributed by atoms with Gasteiger partial charge in [-0.2, -0.15) is 0 Å². The quantitative estimate of drug-likeness (QED) is 0.847. The van der Waals surface area contributed by atoms with Gasteiger partial charge in [-0.3, -0.25) is 10.6 Å². The van der Waals surface area contributed by atoms with E-state index in [4.69, 9.17) is 9.47 Å². The van der Waals surface area contributed by atoms with E-state index in [0.717, 1.165) is 11.8 Å². The number of nitrogens with zero attached hydrogens (tertiary/aromatic N) is 1. The molecule has 8 heteroatoms. The number of halogens is 1. The Kier molecular flexibility index (Phi) is 6.11. The molecule has 1 aromatic heterocycles. The third-order valence-corrected chi connectivity index (χ3v) is 2.93. The second kappa shape index (κ2) is 8.28. The van der Waals surface area contributed by atoms with Gasteiger partial charge in [-0.05, 0) is 26.3 Å². The second-order valence-corrected chi connectivity index (χ2v) is 6.36. The smallest absolute Gasteiger partial charge is 0.413 e. The van der Waals surface area contributed by atoms with E-state index in [2.05, 4.69) is 15.6 Å². The maximum Gasteiger partial charge on any atom is 0.413 e. The van der Waals surface area contributed by atoms with Gasteiger partial charge in [0, 0.05) is 6.07 Å². The molecular weight excluding hydrogens is 341 g/mol. The number of pyridine rings is 1. The summed E-state index contributed by atoms with van der Waals surface area (Å²) in [5.41, 5.74) is -0.0785. The normalized spacial score (nSPS) is 10.8. The standard InChI is InChI=1S/C18H20FN3O4/c1-18(2,3)26-17(24)21-14-9-15(20-10-13(14)19)22-16(23)25-11-12-7-5-4-6-8-12/h4-10H,11H2,1-3H3,(H2,20,21,22,23,24). The van der Waals surface area contributed by atoms with Crippen molar-refractivity contribution in [1.82, 2.24) is 4.98 Å². The first-order valence-electron chi connectivity index (χ1n) is 7.86. The maximum atomic E-state index is 13.8. The SMILES string of the molecule is CC(C)(C)OC(=O)Nc1cc(NC(=O)OCc2ccccc2)ncc1F. The Morgan fingerprint density at radius 3 is 2.46 bits per heavy atom. The van der Waals surface area contributed by atoms with Gasteiger partial charge >= 0.3 is 12.2 Å². The van der Waals surface area contributed by atoms with Crippen LogP contribution in [0.5, 0.6) is 0 Å². The summed E-state index contributed by atoms with van der Waals surface area (Å²) in [7, 11) is 0. The molecule has 0 aliphatic carbocycles. The third-order valence-electron chi connectivity index (χ3n) is 2.93. The Morgan fingerprint density at radius 1 is 1.12 bits per heavy atom. The van der Waals surface area contributed by atoms with E-state index in [9.17, 15) is 14.0 Å². The first-order chi connectivity index (χ1) is 12.2. The average molecular weight is 361 g/mol. The van der Waals surface area contributed by atoms with Crippen LogP contribution in [-0.4, -0.2) is 22.8 Å². The summed E-state index contributed by atoms with van der Waals surface area (Å²) in [6, 6.07) is 10.3.